The van der Waals surface area contributed by atoms with Crippen molar-refractivity contribution in [1.82, 2.24) is 15.1 Å². The molecule has 0 aromatic heterocycles. The van der Waals surface area contributed by atoms with Gasteiger partial charge in [0, 0.05) is 25.7 Å². The number of nitrogens with one attached hydrogen (secondary N) is 1. The molecule has 4 heteroatoms. The summed E-state index contributed by atoms with van der Waals surface area (Å²) in [5.41, 5.74) is 1.18. The van der Waals surface area contributed by atoms with E-state index in [1.807, 2.05) is 23.1 Å². The third-order valence-corrected chi connectivity index (χ3v) is 4.35. The summed E-state index contributed by atoms with van der Waals surface area (Å²) in [5, 5.41) is 3.18. The molecule has 1 aromatic rings. The molecule has 1 atom stereocenters. The van der Waals surface area contributed by atoms with Gasteiger partial charge >= 0.3 is 6.03 Å². The Kier molecular flexibility index (Phi) is 7.40. The Morgan fingerprint density at radius 1 is 1.22 bits per heavy atom. The van der Waals surface area contributed by atoms with Crippen molar-refractivity contribution in [1.29, 1.82) is 0 Å². The van der Waals surface area contributed by atoms with Crippen LogP contribution in [-0.4, -0.2) is 48.1 Å². The smallest absolute Gasteiger partial charge is 0.317 e. The van der Waals surface area contributed by atoms with E-state index in [1.54, 1.807) is 0 Å². The van der Waals surface area contributed by atoms with E-state index in [0.717, 1.165) is 19.5 Å². The van der Waals surface area contributed by atoms with E-state index in [4.69, 9.17) is 0 Å². The van der Waals surface area contributed by atoms with Crippen LogP contribution in [0.15, 0.2) is 30.3 Å². The first-order chi connectivity index (χ1) is 11.2. The van der Waals surface area contributed by atoms with E-state index in [2.05, 4.69) is 36.2 Å². The molecule has 1 N–H and O–H groups in total. The number of nitrogens with zero attached hydrogens (tertiary/aromatic N) is 2. The molecular formula is C19H31N3O. The van der Waals surface area contributed by atoms with E-state index in [-0.39, 0.29) is 12.1 Å². The maximum Gasteiger partial charge on any atom is 0.317 e. The molecule has 1 aromatic carbocycles. The molecule has 0 bridgehead atoms. The van der Waals surface area contributed by atoms with Crippen LogP contribution in [0.2, 0.25) is 0 Å². The molecule has 1 saturated heterocycles. The zero-order valence-corrected chi connectivity index (χ0v) is 14.6. The highest BCUT2D eigenvalue weighted by Gasteiger charge is 2.18. The monoisotopic (exact) mass is 317 g/mol. The van der Waals surface area contributed by atoms with Gasteiger partial charge in [-0.2, -0.15) is 0 Å². The number of carbonyl (C=O) groups is 1. The number of amides is 2. The number of piperidine rings is 1. The van der Waals surface area contributed by atoms with Crippen molar-refractivity contribution in [2.45, 2.75) is 52.1 Å². The lowest BCUT2D eigenvalue weighted by Crippen LogP contribution is -2.48. The van der Waals surface area contributed by atoms with Crippen molar-refractivity contribution in [2.75, 3.05) is 26.2 Å². The van der Waals surface area contributed by atoms with Gasteiger partial charge in [0.15, 0.2) is 0 Å². The maximum absolute atomic E-state index is 12.6. The lowest BCUT2D eigenvalue weighted by molar-refractivity contribution is 0.178. The molecule has 0 radical (unpaired) electrons. The predicted octanol–water partition coefficient (Wildman–Crippen LogP) is 3.48. The number of urea groups is 1. The molecule has 2 amide bonds. The minimum atomic E-state index is 0.0558. The first-order valence-electron chi connectivity index (χ1n) is 9.00. The minimum absolute atomic E-state index is 0.0558. The van der Waals surface area contributed by atoms with Crippen LogP contribution < -0.4 is 5.32 Å². The van der Waals surface area contributed by atoms with Crippen LogP contribution in [0.5, 0.6) is 0 Å². The second-order valence-electron chi connectivity index (χ2n) is 6.62. The molecule has 1 heterocycles. The molecule has 1 unspecified atom stereocenters. The molecule has 2 rings (SSSR count). The van der Waals surface area contributed by atoms with Gasteiger partial charge in [-0.05, 0) is 44.8 Å². The Morgan fingerprint density at radius 3 is 2.57 bits per heavy atom. The summed E-state index contributed by atoms with van der Waals surface area (Å²) in [6, 6.07) is 10.5. The van der Waals surface area contributed by atoms with Gasteiger partial charge in [0.1, 0.15) is 0 Å². The fraction of sp³-hybridized carbons (Fsp3) is 0.632. The Balaban J connectivity index is 1.84. The molecule has 0 saturated carbocycles. The SMILES string of the molecule is CCCN(Cc1ccccc1)C(=O)NC(C)CN1CCCCC1. The molecule has 0 aliphatic carbocycles. The van der Waals surface area contributed by atoms with E-state index in [0.29, 0.717) is 6.54 Å². The van der Waals surface area contributed by atoms with Crippen LogP contribution in [0.25, 0.3) is 0 Å². The fourth-order valence-electron chi connectivity index (χ4n) is 3.20. The van der Waals surface area contributed by atoms with E-state index < -0.39 is 0 Å². The Hall–Kier alpha value is -1.55. The summed E-state index contributed by atoms with van der Waals surface area (Å²) in [5.74, 6) is 0. The normalized spacial score (nSPS) is 16.8. The summed E-state index contributed by atoms with van der Waals surface area (Å²) < 4.78 is 0. The first kappa shape index (κ1) is 17.8. The topological polar surface area (TPSA) is 35.6 Å². The van der Waals surface area contributed by atoms with Crippen LogP contribution in [-0.2, 0) is 6.54 Å². The van der Waals surface area contributed by atoms with Crippen molar-refractivity contribution in [3.63, 3.8) is 0 Å². The molecule has 4 nitrogen and oxygen atoms in total. The largest absolute Gasteiger partial charge is 0.334 e. The van der Waals surface area contributed by atoms with Gasteiger partial charge in [0.25, 0.3) is 0 Å². The minimum Gasteiger partial charge on any atom is -0.334 e. The highest BCUT2D eigenvalue weighted by molar-refractivity contribution is 5.74. The van der Waals surface area contributed by atoms with Gasteiger partial charge < -0.3 is 15.1 Å². The van der Waals surface area contributed by atoms with Crippen LogP contribution in [0.1, 0.15) is 45.1 Å². The second kappa shape index (κ2) is 9.56. The van der Waals surface area contributed by atoms with Crippen molar-refractivity contribution in [3.05, 3.63) is 35.9 Å². The Morgan fingerprint density at radius 2 is 1.91 bits per heavy atom. The number of hydrogen-bond acceptors (Lipinski definition) is 2. The lowest BCUT2D eigenvalue weighted by atomic mass is 10.1. The summed E-state index contributed by atoms with van der Waals surface area (Å²) >= 11 is 0. The molecule has 0 spiro atoms. The molecule has 23 heavy (non-hydrogen) atoms. The number of likely N-dealkylation sites (tertiary alicyclic amines) is 1. The zero-order chi connectivity index (χ0) is 16.5. The van der Waals surface area contributed by atoms with Gasteiger partial charge in [-0.25, -0.2) is 4.79 Å². The summed E-state index contributed by atoms with van der Waals surface area (Å²) in [4.78, 5) is 17.0. The first-order valence-corrected chi connectivity index (χ1v) is 9.00. The Labute approximate surface area is 140 Å². The van der Waals surface area contributed by atoms with Crippen molar-refractivity contribution < 1.29 is 4.79 Å². The molecule has 1 aliphatic rings. The number of carbonyl (C=O) groups excluding carboxylic acids is 1. The molecule has 1 fully saturated rings. The van der Waals surface area contributed by atoms with Gasteiger partial charge in [-0.15, -0.1) is 0 Å². The number of benzene rings is 1. The van der Waals surface area contributed by atoms with Gasteiger partial charge in [-0.1, -0.05) is 43.7 Å². The van der Waals surface area contributed by atoms with Crippen LogP contribution in [0.4, 0.5) is 4.79 Å². The summed E-state index contributed by atoms with van der Waals surface area (Å²) in [6.07, 6.45) is 4.90. The van der Waals surface area contributed by atoms with Crippen molar-refractivity contribution in [2.24, 2.45) is 0 Å². The van der Waals surface area contributed by atoms with Gasteiger partial charge in [0.2, 0.25) is 0 Å². The standard InChI is InChI=1S/C19H31N3O/c1-3-12-22(16-18-10-6-4-7-11-18)19(23)20-17(2)15-21-13-8-5-9-14-21/h4,6-7,10-11,17H,3,5,8-9,12-16H2,1-2H3,(H,20,23). The molecular weight excluding hydrogens is 286 g/mol. The summed E-state index contributed by atoms with van der Waals surface area (Å²) in [6.45, 7) is 8.98. The highest BCUT2D eigenvalue weighted by atomic mass is 16.2. The average Bonchev–Trinajstić information content (AvgIpc) is 2.56. The summed E-state index contributed by atoms with van der Waals surface area (Å²) in [7, 11) is 0. The van der Waals surface area contributed by atoms with E-state index >= 15 is 0 Å². The van der Waals surface area contributed by atoms with Gasteiger partial charge in [0.05, 0.1) is 0 Å². The van der Waals surface area contributed by atoms with E-state index in [1.165, 1.54) is 37.9 Å². The van der Waals surface area contributed by atoms with Gasteiger partial charge in [-0.3, -0.25) is 0 Å². The average molecular weight is 317 g/mol. The quantitative estimate of drug-likeness (QED) is 0.835. The van der Waals surface area contributed by atoms with Crippen LogP contribution in [0, 0.1) is 0 Å². The molecule has 128 valence electrons. The zero-order valence-electron chi connectivity index (χ0n) is 14.6. The third-order valence-electron chi connectivity index (χ3n) is 4.35. The maximum atomic E-state index is 12.6. The molecule has 1 aliphatic heterocycles. The van der Waals surface area contributed by atoms with E-state index in [9.17, 15) is 4.79 Å². The Bertz CT molecular complexity index is 457. The van der Waals surface area contributed by atoms with Crippen LogP contribution >= 0.6 is 0 Å². The number of hydrogen-bond donors (Lipinski definition) is 1. The van der Waals surface area contributed by atoms with Crippen LogP contribution in [0.3, 0.4) is 0 Å². The van der Waals surface area contributed by atoms with Crippen molar-refractivity contribution in [3.8, 4) is 0 Å². The predicted molar refractivity (Wildman–Crippen MR) is 95.4 cm³/mol. The third kappa shape index (κ3) is 6.22. The van der Waals surface area contributed by atoms with Crippen molar-refractivity contribution >= 4 is 6.03 Å². The lowest BCUT2D eigenvalue weighted by Gasteiger charge is -2.31. The number of rotatable bonds is 7. The highest BCUT2D eigenvalue weighted by Crippen LogP contribution is 2.09. The second-order valence-corrected chi connectivity index (χ2v) is 6.62. The fourth-order valence-corrected chi connectivity index (χ4v) is 3.20.